The van der Waals surface area contributed by atoms with E-state index in [-0.39, 0.29) is 5.82 Å². The molecule has 0 nitrogen and oxygen atoms in total. The molecule has 0 N–H and O–H groups in total. The van der Waals surface area contributed by atoms with Gasteiger partial charge in [0.05, 0.1) is 0 Å². The zero-order valence-electron chi connectivity index (χ0n) is 9.76. The van der Waals surface area contributed by atoms with Crippen molar-refractivity contribution in [3.05, 3.63) is 52.9 Å². The molecule has 0 fully saturated rings. The van der Waals surface area contributed by atoms with Crippen molar-refractivity contribution in [1.82, 2.24) is 0 Å². The van der Waals surface area contributed by atoms with E-state index in [9.17, 15) is 4.39 Å². The second kappa shape index (κ2) is 4.92. The molecule has 80 valence electrons. The predicted octanol–water partition coefficient (Wildman–Crippen LogP) is 4.42. The van der Waals surface area contributed by atoms with Crippen LogP contribution in [-0.4, -0.2) is 0 Å². The number of benzene rings is 1. The lowest BCUT2D eigenvalue weighted by Gasteiger charge is -2.08. The van der Waals surface area contributed by atoms with Gasteiger partial charge in [0.25, 0.3) is 0 Å². The first-order valence-electron chi connectivity index (χ1n) is 5.16. The van der Waals surface area contributed by atoms with Gasteiger partial charge in [-0.3, -0.25) is 0 Å². The predicted molar refractivity (Wildman–Crippen MR) is 64.3 cm³/mol. The van der Waals surface area contributed by atoms with Crippen molar-refractivity contribution in [3.63, 3.8) is 0 Å². The van der Waals surface area contributed by atoms with E-state index in [1.54, 1.807) is 6.07 Å². The lowest BCUT2D eigenvalue weighted by Crippen LogP contribution is -1.92. The highest BCUT2D eigenvalue weighted by Crippen LogP contribution is 2.23. The lowest BCUT2D eigenvalue weighted by atomic mass is 9.99. The third-order valence-corrected chi connectivity index (χ3v) is 2.55. The molecule has 0 saturated heterocycles. The summed E-state index contributed by atoms with van der Waals surface area (Å²) >= 11 is 0. The van der Waals surface area contributed by atoms with Crippen molar-refractivity contribution < 1.29 is 4.39 Å². The minimum absolute atomic E-state index is 0.149. The molecule has 0 spiro atoms. The first-order chi connectivity index (χ1) is 7.10. The second-order valence-corrected chi connectivity index (χ2v) is 3.66. The molecular formula is C14H17F. The Bertz CT molecular complexity index is 412. The first-order valence-corrected chi connectivity index (χ1v) is 5.16. The Balaban J connectivity index is 3.31. The maximum absolute atomic E-state index is 13.7. The van der Waals surface area contributed by atoms with E-state index in [0.29, 0.717) is 5.56 Å². The summed E-state index contributed by atoms with van der Waals surface area (Å²) in [4.78, 5) is 0. The van der Waals surface area contributed by atoms with Crippen LogP contribution in [0.4, 0.5) is 4.39 Å². The number of halogens is 1. The van der Waals surface area contributed by atoms with Gasteiger partial charge in [-0.1, -0.05) is 18.2 Å². The van der Waals surface area contributed by atoms with Gasteiger partial charge < -0.3 is 0 Å². The standard InChI is InChI=1S/C14H17F/c1-5-7-12(6-2)13-8-10(3)11(4)9-14(13)15/h5-9H,1-4H3/b7-5?,12-6+. The molecule has 0 aliphatic heterocycles. The third kappa shape index (κ3) is 2.56. The molecule has 0 radical (unpaired) electrons. The minimum atomic E-state index is -0.149. The molecule has 0 amide bonds. The molecule has 0 aliphatic rings. The van der Waals surface area contributed by atoms with Crippen LogP contribution in [0.1, 0.15) is 30.5 Å². The van der Waals surface area contributed by atoms with E-state index in [0.717, 1.165) is 16.7 Å². The van der Waals surface area contributed by atoms with Crippen molar-refractivity contribution in [1.29, 1.82) is 0 Å². The van der Waals surface area contributed by atoms with E-state index in [1.807, 2.05) is 52.0 Å². The Morgan fingerprint density at radius 3 is 2.27 bits per heavy atom. The van der Waals surface area contributed by atoms with Gasteiger partial charge >= 0.3 is 0 Å². The van der Waals surface area contributed by atoms with Gasteiger partial charge in [-0.15, -0.1) is 0 Å². The molecule has 0 heterocycles. The molecule has 1 aromatic carbocycles. The summed E-state index contributed by atoms with van der Waals surface area (Å²) in [5.74, 6) is -0.149. The van der Waals surface area contributed by atoms with Gasteiger partial charge in [0.2, 0.25) is 0 Å². The Labute approximate surface area is 91.1 Å². The second-order valence-electron chi connectivity index (χ2n) is 3.66. The van der Waals surface area contributed by atoms with Crippen molar-refractivity contribution in [2.75, 3.05) is 0 Å². The van der Waals surface area contributed by atoms with Crippen LogP contribution < -0.4 is 0 Å². The Hall–Kier alpha value is -1.37. The van der Waals surface area contributed by atoms with Crippen LogP contribution in [0.25, 0.3) is 5.57 Å². The SMILES string of the molecule is CC=C/C(=C\C)c1cc(C)c(C)cc1F. The Morgan fingerprint density at radius 2 is 1.73 bits per heavy atom. The molecule has 0 atom stereocenters. The van der Waals surface area contributed by atoms with Gasteiger partial charge in [0.15, 0.2) is 0 Å². The molecule has 1 heteroatoms. The van der Waals surface area contributed by atoms with Gasteiger partial charge in [-0.05, 0) is 56.5 Å². The Kier molecular flexibility index (Phi) is 3.84. The molecule has 0 saturated carbocycles. The summed E-state index contributed by atoms with van der Waals surface area (Å²) in [5.41, 5.74) is 3.72. The fourth-order valence-corrected chi connectivity index (χ4v) is 1.52. The lowest BCUT2D eigenvalue weighted by molar-refractivity contribution is 0.622. The first kappa shape index (κ1) is 11.7. The molecule has 0 aromatic heterocycles. The summed E-state index contributed by atoms with van der Waals surface area (Å²) < 4.78 is 13.7. The van der Waals surface area contributed by atoms with E-state index >= 15 is 0 Å². The van der Waals surface area contributed by atoms with Gasteiger partial charge in [-0.2, -0.15) is 0 Å². The fraction of sp³-hybridized carbons (Fsp3) is 0.286. The summed E-state index contributed by atoms with van der Waals surface area (Å²) in [6.45, 7) is 7.78. The minimum Gasteiger partial charge on any atom is -0.206 e. The van der Waals surface area contributed by atoms with Crippen LogP contribution >= 0.6 is 0 Å². The summed E-state index contributed by atoms with van der Waals surface area (Å²) in [6, 6.07) is 3.50. The maximum atomic E-state index is 13.7. The van der Waals surface area contributed by atoms with Crippen LogP contribution in [0, 0.1) is 19.7 Å². The van der Waals surface area contributed by atoms with Crippen LogP contribution in [0.5, 0.6) is 0 Å². The van der Waals surface area contributed by atoms with Crippen LogP contribution in [0.15, 0.2) is 30.4 Å². The van der Waals surface area contributed by atoms with Crippen molar-refractivity contribution in [3.8, 4) is 0 Å². The highest BCUT2D eigenvalue weighted by Gasteiger charge is 2.06. The summed E-state index contributed by atoms with van der Waals surface area (Å²) in [5, 5.41) is 0. The average Bonchev–Trinajstić information content (AvgIpc) is 2.20. The summed E-state index contributed by atoms with van der Waals surface area (Å²) in [7, 11) is 0. The topological polar surface area (TPSA) is 0 Å². The number of hydrogen-bond donors (Lipinski definition) is 0. The van der Waals surface area contributed by atoms with Gasteiger partial charge in [0.1, 0.15) is 5.82 Å². The largest absolute Gasteiger partial charge is 0.206 e. The molecule has 15 heavy (non-hydrogen) atoms. The van der Waals surface area contributed by atoms with E-state index in [1.165, 1.54) is 0 Å². The molecule has 0 unspecified atom stereocenters. The Morgan fingerprint density at radius 1 is 1.13 bits per heavy atom. The number of rotatable bonds is 2. The van der Waals surface area contributed by atoms with E-state index in [2.05, 4.69) is 0 Å². The fourth-order valence-electron chi connectivity index (χ4n) is 1.52. The zero-order chi connectivity index (χ0) is 11.4. The highest BCUT2D eigenvalue weighted by atomic mass is 19.1. The maximum Gasteiger partial charge on any atom is 0.131 e. The molecule has 0 bridgehead atoms. The van der Waals surface area contributed by atoms with Crippen molar-refractivity contribution in [2.45, 2.75) is 27.7 Å². The number of hydrogen-bond acceptors (Lipinski definition) is 0. The summed E-state index contributed by atoms with van der Waals surface area (Å²) in [6.07, 6.45) is 5.77. The third-order valence-electron chi connectivity index (χ3n) is 2.55. The number of aryl methyl sites for hydroxylation is 2. The quantitative estimate of drug-likeness (QED) is 0.625. The smallest absolute Gasteiger partial charge is 0.131 e. The van der Waals surface area contributed by atoms with Gasteiger partial charge in [0, 0.05) is 5.56 Å². The van der Waals surface area contributed by atoms with Crippen molar-refractivity contribution >= 4 is 5.57 Å². The van der Waals surface area contributed by atoms with E-state index < -0.39 is 0 Å². The zero-order valence-corrected chi connectivity index (χ0v) is 9.76. The average molecular weight is 204 g/mol. The molecule has 1 aromatic rings. The highest BCUT2D eigenvalue weighted by molar-refractivity contribution is 5.74. The van der Waals surface area contributed by atoms with Crippen LogP contribution in [0.3, 0.4) is 0 Å². The van der Waals surface area contributed by atoms with Crippen molar-refractivity contribution in [2.24, 2.45) is 0 Å². The van der Waals surface area contributed by atoms with Crippen LogP contribution in [0.2, 0.25) is 0 Å². The molecule has 0 aliphatic carbocycles. The monoisotopic (exact) mass is 204 g/mol. The number of allylic oxidation sites excluding steroid dienone is 4. The molecular weight excluding hydrogens is 187 g/mol. The normalized spacial score (nSPS) is 12.5. The van der Waals surface area contributed by atoms with Gasteiger partial charge in [-0.25, -0.2) is 4.39 Å². The molecule has 1 rings (SSSR count). The van der Waals surface area contributed by atoms with E-state index in [4.69, 9.17) is 0 Å². The van der Waals surface area contributed by atoms with Crippen LogP contribution in [-0.2, 0) is 0 Å².